The molecule has 1 aliphatic heterocycles. The first-order valence-electron chi connectivity index (χ1n) is 6.89. The van der Waals surface area contributed by atoms with E-state index in [-0.39, 0.29) is 19.1 Å². The predicted molar refractivity (Wildman–Crippen MR) is 81.0 cm³/mol. The molecule has 0 bridgehead atoms. The summed E-state index contributed by atoms with van der Waals surface area (Å²) >= 11 is 0. The molecule has 1 aromatic heterocycles. The predicted octanol–water partition coefficient (Wildman–Crippen LogP) is 2.47. The van der Waals surface area contributed by atoms with E-state index in [9.17, 15) is 4.79 Å². The fraction of sp³-hybridized carbons (Fsp3) is 0.125. The molecule has 110 valence electrons. The number of carbonyl (C=O) groups excluding carboxylic acids is 1. The normalized spacial score (nSPS) is 12.5. The molecule has 0 saturated carbocycles. The van der Waals surface area contributed by atoms with E-state index < -0.39 is 0 Å². The minimum Gasteiger partial charge on any atom is -0.454 e. The van der Waals surface area contributed by atoms with Gasteiger partial charge < -0.3 is 14.8 Å². The number of anilines is 1. The van der Waals surface area contributed by atoms with E-state index in [4.69, 9.17) is 9.47 Å². The molecule has 2 heterocycles. The first-order chi connectivity index (χ1) is 10.8. The third kappa shape index (κ3) is 2.35. The largest absolute Gasteiger partial charge is 0.454 e. The lowest BCUT2D eigenvalue weighted by molar-refractivity contribution is -0.115. The smallest absolute Gasteiger partial charge is 0.231 e. The number of aromatic amines is 1. The van der Waals surface area contributed by atoms with Crippen LogP contribution in [0.15, 0.2) is 42.6 Å². The van der Waals surface area contributed by atoms with Gasteiger partial charge in [-0.05, 0) is 35.9 Å². The van der Waals surface area contributed by atoms with Crippen molar-refractivity contribution in [1.82, 2.24) is 10.2 Å². The van der Waals surface area contributed by atoms with Crippen LogP contribution in [-0.4, -0.2) is 22.9 Å². The van der Waals surface area contributed by atoms with Crippen LogP contribution in [0.4, 0.5) is 5.69 Å². The molecule has 0 aliphatic carbocycles. The van der Waals surface area contributed by atoms with E-state index in [0.29, 0.717) is 5.75 Å². The highest BCUT2D eigenvalue weighted by Crippen LogP contribution is 2.32. The van der Waals surface area contributed by atoms with Gasteiger partial charge in [-0.25, -0.2) is 0 Å². The second kappa shape index (κ2) is 5.07. The van der Waals surface area contributed by atoms with Crippen LogP contribution in [0, 0.1) is 0 Å². The summed E-state index contributed by atoms with van der Waals surface area (Å²) < 4.78 is 10.6. The number of nitrogens with one attached hydrogen (secondary N) is 2. The lowest BCUT2D eigenvalue weighted by Gasteiger charge is -2.06. The van der Waals surface area contributed by atoms with Gasteiger partial charge in [0, 0.05) is 11.1 Å². The molecule has 0 saturated heterocycles. The number of carbonyl (C=O) groups is 1. The van der Waals surface area contributed by atoms with Gasteiger partial charge in [0.25, 0.3) is 0 Å². The van der Waals surface area contributed by atoms with Crippen LogP contribution in [0.5, 0.6) is 11.5 Å². The van der Waals surface area contributed by atoms with Gasteiger partial charge in [-0.2, -0.15) is 5.10 Å². The summed E-state index contributed by atoms with van der Waals surface area (Å²) in [7, 11) is 0. The number of rotatable bonds is 3. The summed E-state index contributed by atoms with van der Waals surface area (Å²) in [6.45, 7) is 0.232. The first kappa shape index (κ1) is 12.7. The molecular weight excluding hydrogens is 282 g/mol. The third-order valence-corrected chi connectivity index (χ3v) is 3.53. The number of aromatic nitrogens is 2. The van der Waals surface area contributed by atoms with Crippen LogP contribution in [-0.2, 0) is 11.2 Å². The monoisotopic (exact) mass is 295 g/mol. The first-order valence-corrected chi connectivity index (χ1v) is 6.89. The maximum Gasteiger partial charge on any atom is 0.231 e. The summed E-state index contributed by atoms with van der Waals surface area (Å²) in [4.78, 5) is 12.1. The molecule has 0 spiro atoms. The number of H-pyrrole nitrogens is 1. The molecule has 22 heavy (non-hydrogen) atoms. The molecule has 4 rings (SSSR count). The molecule has 6 heteroatoms. The van der Waals surface area contributed by atoms with Crippen LogP contribution in [0.3, 0.4) is 0 Å². The highest BCUT2D eigenvalue weighted by Gasteiger charge is 2.14. The van der Waals surface area contributed by atoms with Crippen LogP contribution < -0.4 is 14.8 Å². The highest BCUT2D eigenvalue weighted by molar-refractivity contribution is 5.94. The fourth-order valence-electron chi connectivity index (χ4n) is 2.46. The molecule has 1 amide bonds. The summed E-state index contributed by atoms with van der Waals surface area (Å²) in [5.74, 6) is 1.32. The molecule has 3 aromatic rings. The van der Waals surface area contributed by atoms with Crippen molar-refractivity contribution in [1.29, 1.82) is 0 Å². The number of fused-ring (bicyclic) bond motifs is 2. The van der Waals surface area contributed by atoms with E-state index in [2.05, 4.69) is 15.5 Å². The Morgan fingerprint density at radius 3 is 3.05 bits per heavy atom. The fourth-order valence-corrected chi connectivity index (χ4v) is 2.46. The van der Waals surface area contributed by atoms with Gasteiger partial charge in [-0.3, -0.25) is 9.89 Å². The second-order valence-corrected chi connectivity index (χ2v) is 5.08. The molecule has 2 N–H and O–H groups in total. The van der Waals surface area contributed by atoms with Crippen molar-refractivity contribution >= 4 is 22.5 Å². The standard InChI is InChI=1S/C16H13N3O3/c20-16(6-10-1-4-14-15(5-10)22-9-21-14)18-12-2-3-13-11(7-12)8-17-19-13/h1-5,7-8H,6,9H2,(H,17,19)(H,18,20). The number of benzene rings is 2. The summed E-state index contributed by atoms with van der Waals surface area (Å²) in [5, 5.41) is 10.7. The van der Waals surface area contributed by atoms with Crippen LogP contribution in [0.1, 0.15) is 5.56 Å². The van der Waals surface area contributed by atoms with Crippen LogP contribution in [0.25, 0.3) is 10.9 Å². The van der Waals surface area contributed by atoms with E-state index >= 15 is 0 Å². The van der Waals surface area contributed by atoms with Crippen LogP contribution in [0.2, 0.25) is 0 Å². The number of ether oxygens (including phenoxy) is 2. The zero-order valence-corrected chi connectivity index (χ0v) is 11.6. The van der Waals surface area contributed by atoms with Gasteiger partial charge in [-0.15, -0.1) is 0 Å². The number of hydrogen-bond acceptors (Lipinski definition) is 4. The average Bonchev–Trinajstić information content (AvgIpc) is 3.14. The Labute approximate surface area is 126 Å². The SMILES string of the molecule is O=C(Cc1ccc2c(c1)OCO2)Nc1ccc2[nH]ncc2c1. The molecule has 6 nitrogen and oxygen atoms in total. The van der Waals surface area contributed by atoms with Crippen LogP contribution >= 0.6 is 0 Å². The highest BCUT2D eigenvalue weighted by atomic mass is 16.7. The number of hydrogen-bond donors (Lipinski definition) is 2. The van der Waals surface area contributed by atoms with E-state index in [1.807, 2.05) is 36.4 Å². The van der Waals surface area contributed by atoms with Crippen molar-refractivity contribution in [3.63, 3.8) is 0 Å². The zero-order valence-electron chi connectivity index (χ0n) is 11.6. The van der Waals surface area contributed by atoms with Gasteiger partial charge in [0.2, 0.25) is 12.7 Å². The van der Waals surface area contributed by atoms with Gasteiger partial charge in [0.1, 0.15) is 0 Å². The van der Waals surface area contributed by atoms with E-state index in [0.717, 1.165) is 27.9 Å². The topological polar surface area (TPSA) is 76.2 Å². The lowest BCUT2D eigenvalue weighted by atomic mass is 10.1. The minimum atomic E-state index is -0.0817. The Bertz CT molecular complexity index is 857. The second-order valence-electron chi connectivity index (χ2n) is 5.08. The number of nitrogens with zero attached hydrogens (tertiary/aromatic N) is 1. The van der Waals surface area contributed by atoms with Gasteiger partial charge in [0.05, 0.1) is 18.1 Å². The van der Waals surface area contributed by atoms with Crippen molar-refractivity contribution in [3.05, 3.63) is 48.2 Å². The maximum absolute atomic E-state index is 12.1. The molecule has 0 radical (unpaired) electrons. The number of amides is 1. The Kier molecular flexibility index (Phi) is 2.93. The summed E-state index contributed by atoms with van der Waals surface area (Å²) in [6.07, 6.45) is 2.00. The zero-order chi connectivity index (χ0) is 14.9. The molecule has 0 atom stereocenters. The maximum atomic E-state index is 12.1. The Hall–Kier alpha value is -3.02. The van der Waals surface area contributed by atoms with Crippen molar-refractivity contribution in [2.75, 3.05) is 12.1 Å². The minimum absolute atomic E-state index is 0.0817. The lowest BCUT2D eigenvalue weighted by Crippen LogP contribution is -2.14. The van der Waals surface area contributed by atoms with Gasteiger partial charge in [0.15, 0.2) is 11.5 Å². The summed E-state index contributed by atoms with van der Waals surface area (Å²) in [6, 6.07) is 11.1. The molecular formula is C16H13N3O3. The van der Waals surface area contributed by atoms with E-state index in [1.54, 1.807) is 6.20 Å². The quantitative estimate of drug-likeness (QED) is 0.778. The summed E-state index contributed by atoms with van der Waals surface area (Å²) in [5.41, 5.74) is 2.57. The van der Waals surface area contributed by atoms with Crippen molar-refractivity contribution in [2.45, 2.75) is 6.42 Å². The van der Waals surface area contributed by atoms with Crippen molar-refractivity contribution in [2.24, 2.45) is 0 Å². The van der Waals surface area contributed by atoms with Crippen molar-refractivity contribution < 1.29 is 14.3 Å². The molecule has 2 aromatic carbocycles. The molecule has 0 unspecified atom stereocenters. The Balaban J connectivity index is 1.47. The third-order valence-electron chi connectivity index (χ3n) is 3.53. The van der Waals surface area contributed by atoms with Crippen molar-refractivity contribution in [3.8, 4) is 11.5 Å². The molecule has 1 aliphatic rings. The van der Waals surface area contributed by atoms with E-state index in [1.165, 1.54) is 0 Å². The molecule has 0 fully saturated rings. The average molecular weight is 295 g/mol. The Morgan fingerprint density at radius 1 is 1.18 bits per heavy atom. The van der Waals surface area contributed by atoms with Gasteiger partial charge in [-0.1, -0.05) is 6.07 Å². The Morgan fingerprint density at radius 2 is 2.09 bits per heavy atom. The van der Waals surface area contributed by atoms with Gasteiger partial charge >= 0.3 is 0 Å².